The molecule has 6 heteroatoms. The maximum atomic E-state index is 12.4. The van der Waals surface area contributed by atoms with Crippen molar-refractivity contribution in [1.29, 1.82) is 0 Å². The lowest BCUT2D eigenvalue weighted by atomic mass is 10.0. The van der Waals surface area contributed by atoms with Crippen LogP contribution in [0.2, 0.25) is 0 Å². The maximum Gasteiger partial charge on any atom is 0.222 e. The molecule has 0 saturated carbocycles. The van der Waals surface area contributed by atoms with Crippen LogP contribution < -0.4 is 10.2 Å². The molecule has 3 heterocycles. The van der Waals surface area contributed by atoms with Crippen LogP contribution in [-0.2, 0) is 4.79 Å². The van der Waals surface area contributed by atoms with Crippen LogP contribution in [0, 0.1) is 6.92 Å². The van der Waals surface area contributed by atoms with Crippen LogP contribution in [-0.4, -0.2) is 79.6 Å². The monoisotopic (exact) mass is 359 g/mol. The Labute approximate surface area is 157 Å². The Morgan fingerprint density at radius 3 is 2.50 bits per heavy atom. The fourth-order valence-electron chi connectivity index (χ4n) is 3.91. The second-order valence-electron chi connectivity index (χ2n) is 7.53. The summed E-state index contributed by atoms with van der Waals surface area (Å²) in [6.07, 6.45) is 5.79. The van der Waals surface area contributed by atoms with E-state index in [1.165, 1.54) is 5.69 Å². The van der Waals surface area contributed by atoms with Gasteiger partial charge in [-0.3, -0.25) is 14.7 Å². The van der Waals surface area contributed by atoms with E-state index >= 15 is 0 Å². The number of anilines is 1. The summed E-state index contributed by atoms with van der Waals surface area (Å²) in [7, 11) is 2.01. The number of carbonyl (C=O) groups excluding carboxylic acids is 1. The van der Waals surface area contributed by atoms with Gasteiger partial charge in [-0.05, 0) is 51.9 Å². The Balaban J connectivity index is 1.32. The summed E-state index contributed by atoms with van der Waals surface area (Å²) < 4.78 is 0. The van der Waals surface area contributed by atoms with E-state index in [0.29, 0.717) is 18.4 Å². The summed E-state index contributed by atoms with van der Waals surface area (Å²) in [6, 6.07) is 4.82. The van der Waals surface area contributed by atoms with Gasteiger partial charge in [0.1, 0.15) is 0 Å². The van der Waals surface area contributed by atoms with Crippen molar-refractivity contribution in [3.8, 4) is 0 Å². The summed E-state index contributed by atoms with van der Waals surface area (Å²) in [5.41, 5.74) is 2.28. The van der Waals surface area contributed by atoms with Crippen LogP contribution in [0.5, 0.6) is 0 Å². The van der Waals surface area contributed by atoms with Gasteiger partial charge in [-0.2, -0.15) is 0 Å². The number of hydrogen-bond donors (Lipinski definition) is 1. The van der Waals surface area contributed by atoms with E-state index < -0.39 is 0 Å². The van der Waals surface area contributed by atoms with E-state index in [4.69, 9.17) is 0 Å². The molecule has 3 rings (SSSR count). The molecule has 0 unspecified atom stereocenters. The number of nitrogens with one attached hydrogen (secondary N) is 1. The van der Waals surface area contributed by atoms with Crippen molar-refractivity contribution >= 4 is 11.6 Å². The van der Waals surface area contributed by atoms with Gasteiger partial charge in [0.25, 0.3) is 0 Å². The van der Waals surface area contributed by atoms with Crippen LogP contribution >= 0.6 is 0 Å². The fraction of sp³-hybridized carbons (Fsp3) is 0.700. The smallest absolute Gasteiger partial charge is 0.222 e. The topological polar surface area (TPSA) is 51.7 Å². The van der Waals surface area contributed by atoms with Crippen molar-refractivity contribution in [2.75, 3.05) is 57.8 Å². The predicted octanol–water partition coefficient (Wildman–Crippen LogP) is 1.50. The number of hydrogen-bond acceptors (Lipinski definition) is 5. The second kappa shape index (κ2) is 9.33. The highest BCUT2D eigenvalue weighted by Crippen LogP contribution is 2.16. The molecule has 0 radical (unpaired) electrons. The highest BCUT2D eigenvalue weighted by atomic mass is 16.2. The highest BCUT2D eigenvalue weighted by Gasteiger charge is 2.22. The van der Waals surface area contributed by atoms with E-state index in [2.05, 4.69) is 37.1 Å². The van der Waals surface area contributed by atoms with E-state index in [-0.39, 0.29) is 0 Å². The molecule has 1 N–H and O–H groups in total. The molecule has 1 amide bonds. The van der Waals surface area contributed by atoms with Crippen LogP contribution in [0.25, 0.3) is 0 Å². The molecule has 2 aliphatic heterocycles. The normalized spacial score (nSPS) is 19.8. The van der Waals surface area contributed by atoms with Gasteiger partial charge in [-0.15, -0.1) is 0 Å². The number of pyridine rings is 1. The third-order valence-electron chi connectivity index (χ3n) is 5.75. The molecule has 2 aliphatic rings. The van der Waals surface area contributed by atoms with Crippen LogP contribution in [0.1, 0.15) is 31.4 Å². The van der Waals surface area contributed by atoms with Gasteiger partial charge < -0.3 is 15.1 Å². The number of nitrogens with zero attached hydrogens (tertiary/aromatic N) is 4. The molecule has 2 saturated heterocycles. The summed E-state index contributed by atoms with van der Waals surface area (Å²) in [6.45, 7) is 9.07. The Bertz CT molecular complexity index is 560. The predicted molar refractivity (Wildman–Crippen MR) is 106 cm³/mol. The van der Waals surface area contributed by atoms with Crippen molar-refractivity contribution in [2.24, 2.45) is 0 Å². The Kier molecular flexibility index (Phi) is 6.86. The summed E-state index contributed by atoms with van der Waals surface area (Å²) in [5.74, 6) is 0.337. The van der Waals surface area contributed by atoms with Gasteiger partial charge in [0, 0.05) is 57.4 Å². The Morgan fingerprint density at radius 2 is 1.88 bits per heavy atom. The molecule has 0 aromatic carbocycles. The van der Waals surface area contributed by atoms with Crippen molar-refractivity contribution in [3.63, 3.8) is 0 Å². The lowest BCUT2D eigenvalue weighted by Crippen LogP contribution is -2.47. The zero-order valence-electron chi connectivity index (χ0n) is 16.3. The number of likely N-dealkylation sites (tertiary alicyclic amines) is 1. The number of aromatic nitrogens is 1. The number of piperidine rings is 1. The zero-order chi connectivity index (χ0) is 18.4. The highest BCUT2D eigenvalue weighted by molar-refractivity contribution is 5.76. The van der Waals surface area contributed by atoms with E-state index in [1.807, 2.05) is 20.2 Å². The molecule has 1 aromatic rings. The SMILES string of the molecule is CNC1CCN(C(=O)CCCN2CCN(c3ccc(C)nc3)CC2)CC1. The van der Waals surface area contributed by atoms with Gasteiger partial charge in [-0.1, -0.05) is 0 Å². The van der Waals surface area contributed by atoms with Crippen molar-refractivity contribution in [2.45, 2.75) is 38.6 Å². The number of rotatable bonds is 6. The summed E-state index contributed by atoms with van der Waals surface area (Å²) >= 11 is 0. The first-order valence-corrected chi connectivity index (χ1v) is 10.0. The van der Waals surface area contributed by atoms with Gasteiger partial charge in [0.05, 0.1) is 11.9 Å². The minimum atomic E-state index is 0.337. The molecule has 0 bridgehead atoms. The van der Waals surface area contributed by atoms with Crippen LogP contribution in [0.15, 0.2) is 18.3 Å². The Morgan fingerprint density at radius 1 is 1.15 bits per heavy atom. The molecule has 0 atom stereocenters. The molecule has 2 fully saturated rings. The minimum absolute atomic E-state index is 0.337. The van der Waals surface area contributed by atoms with Gasteiger partial charge >= 0.3 is 0 Å². The first-order chi connectivity index (χ1) is 12.7. The third-order valence-corrected chi connectivity index (χ3v) is 5.75. The summed E-state index contributed by atoms with van der Waals surface area (Å²) in [4.78, 5) is 23.7. The van der Waals surface area contributed by atoms with Gasteiger partial charge in [-0.25, -0.2) is 0 Å². The maximum absolute atomic E-state index is 12.4. The van der Waals surface area contributed by atoms with Gasteiger partial charge in [0.15, 0.2) is 0 Å². The van der Waals surface area contributed by atoms with Crippen molar-refractivity contribution in [3.05, 3.63) is 24.0 Å². The molecule has 144 valence electrons. The van der Waals surface area contributed by atoms with Crippen molar-refractivity contribution < 1.29 is 4.79 Å². The first-order valence-electron chi connectivity index (χ1n) is 10.0. The number of amides is 1. The van der Waals surface area contributed by atoms with E-state index in [0.717, 1.165) is 70.8 Å². The standard InChI is InChI=1S/C20H33N5O/c1-17-5-6-19(16-22-17)24-14-12-23(13-15-24)9-3-4-20(26)25-10-7-18(21-2)8-11-25/h5-6,16,18,21H,3-4,7-15H2,1-2H3. The summed E-state index contributed by atoms with van der Waals surface area (Å²) in [5, 5.41) is 3.32. The minimum Gasteiger partial charge on any atom is -0.368 e. The third kappa shape index (κ3) is 5.17. The van der Waals surface area contributed by atoms with Gasteiger partial charge in [0.2, 0.25) is 5.91 Å². The molecular formula is C20H33N5O. The molecule has 1 aromatic heterocycles. The largest absolute Gasteiger partial charge is 0.368 e. The van der Waals surface area contributed by atoms with Crippen LogP contribution in [0.3, 0.4) is 0 Å². The molecular weight excluding hydrogens is 326 g/mol. The molecule has 0 spiro atoms. The van der Waals surface area contributed by atoms with E-state index in [9.17, 15) is 4.79 Å². The Hall–Kier alpha value is -1.66. The van der Waals surface area contributed by atoms with E-state index in [1.54, 1.807) is 0 Å². The van der Waals surface area contributed by atoms with Crippen LogP contribution in [0.4, 0.5) is 5.69 Å². The number of aryl methyl sites for hydroxylation is 1. The second-order valence-corrected chi connectivity index (χ2v) is 7.53. The molecule has 0 aliphatic carbocycles. The quantitative estimate of drug-likeness (QED) is 0.834. The lowest BCUT2D eigenvalue weighted by Gasteiger charge is -2.36. The number of carbonyl (C=O) groups is 1. The average Bonchev–Trinajstić information content (AvgIpc) is 2.69. The lowest BCUT2D eigenvalue weighted by molar-refractivity contribution is -0.132. The number of piperazine rings is 1. The zero-order valence-corrected chi connectivity index (χ0v) is 16.3. The van der Waals surface area contributed by atoms with Crippen molar-refractivity contribution in [1.82, 2.24) is 20.1 Å². The fourth-order valence-corrected chi connectivity index (χ4v) is 3.91. The molecule has 6 nitrogen and oxygen atoms in total. The average molecular weight is 360 g/mol. The molecule has 26 heavy (non-hydrogen) atoms. The first kappa shape index (κ1) is 19.1.